The molecule has 0 saturated heterocycles. The maximum absolute atomic E-state index is 11.7. The van der Waals surface area contributed by atoms with Crippen LogP contribution in [0.5, 0.6) is 0 Å². The molecule has 6 nitrogen and oxygen atoms in total. The number of ether oxygens (including phenoxy) is 2. The van der Waals surface area contributed by atoms with Crippen molar-refractivity contribution in [2.45, 2.75) is 13.0 Å². The molecule has 3 N–H and O–H groups in total. The van der Waals surface area contributed by atoms with Gasteiger partial charge in [-0.05, 0) is 31.2 Å². The lowest BCUT2D eigenvalue weighted by Crippen LogP contribution is -2.35. The van der Waals surface area contributed by atoms with Crippen LogP contribution in [0.25, 0.3) is 0 Å². The van der Waals surface area contributed by atoms with E-state index in [1.165, 1.54) is 7.11 Å². The Balaban J connectivity index is 2.66. The molecule has 0 radical (unpaired) electrons. The first-order valence-electron chi connectivity index (χ1n) is 5.93. The Morgan fingerprint density at radius 1 is 1.32 bits per heavy atom. The lowest BCUT2D eigenvalue weighted by atomic mass is 10.2. The van der Waals surface area contributed by atoms with Crippen LogP contribution in [0, 0.1) is 0 Å². The van der Waals surface area contributed by atoms with Gasteiger partial charge in [-0.25, -0.2) is 4.79 Å². The Kier molecular flexibility index (Phi) is 5.98. The standard InChI is InChI=1S/C13H18N2O4/c1-3-19-13(17)9-4-6-10(7-5-9)15-12(16)11(8-14)18-2/h4-7,11H,3,8,14H2,1-2H3,(H,15,16). The van der Waals surface area contributed by atoms with Gasteiger partial charge in [-0.3, -0.25) is 4.79 Å². The van der Waals surface area contributed by atoms with Gasteiger partial charge in [-0.15, -0.1) is 0 Å². The second-order valence-electron chi connectivity index (χ2n) is 3.75. The maximum atomic E-state index is 11.7. The largest absolute Gasteiger partial charge is 0.462 e. The summed E-state index contributed by atoms with van der Waals surface area (Å²) >= 11 is 0. The minimum absolute atomic E-state index is 0.100. The zero-order chi connectivity index (χ0) is 14.3. The molecule has 1 aromatic rings. The molecule has 6 heteroatoms. The molecule has 0 aliphatic carbocycles. The molecule has 1 unspecified atom stereocenters. The number of benzene rings is 1. The van der Waals surface area contributed by atoms with E-state index in [-0.39, 0.29) is 12.5 Å². The third kappa shape index (κ3) is 4.35. The van der Waals surface area contributed by atoms with E-state index in [9.17, 15) is 9.59 Å². The van der Waals surface area contributed by atoms with E-state index < -0.39 is 12.1 Å². The highest BCUT2D eigenvalue weighted by Crippen LogP contribution is 2.11. The molecule has 104 valence electrons. The number of nitrogens with two attached hydrogens (primary N) is 1. The van der Waals surface area contributed by atoms with Crippen molar-refractivity contribution < 1.29 is 19.1 Å². The fraction of sp³-hybridized carbons (Fsp3) is 0.385. The summed E-state index contributed by atoms with van der Waals surface area (Å²) in [7, 11) is 1.42. The van der Waals surface area contributed by atoms with E-state index in [4.69, 9.17) is 15.2 Å². The van der Waals surface area contributed by atoms with Crippen molar-refractivity contribution in [3.63, 3.8) is 0 Å². The molecule has 19 heavy (non-hydrogen) atoms. The summed E-state index contributed by atoms with van der Waals surface area (Å²) in [5.74, 6) is -0.717. The second kappa shape index (κ2) is 7.50. The number of carbonyl (C=O) groups excluding carboxylic acids is 2. The normalized spacial score (nSPS) is 11.7. The first-order chi connectivity index (χ1) is 9.12. The molecule has 0 aliphatic heterocycles. The third-order valence-electron chi connectivity index (χ3n) is 2.45. The van der Waals surface area contributed by atoms with Crippen molar-refractivity contribution in [2.24, 2.45) is 5.73 Å². The highest BCUT2D eigenvalue weighted by Gasteiger charge is 2.15. The molecule has 0 saturated carbocycles. The molecule has 0 bridgehead atoms. The van der Waals surface area contributed by atoms with Gasteiger partial charge in [-0.2, -0.15) is 0 Å². The first-order valence-corrected chi connectivity index (χ1v) is 5.93. The van der Waals surface area contributed by atoms with Crippen LogP contribution < -0.4 is 11.1 Å². The zero-order valence-corrected chi connectivity index (χ0v) is 11.0. The monoisotopic (exact) mass is 266 g/mol. The minimum Gasteiger partial charge on any atom is -0.462 e. The van der Waals surface area contributed by atoms with Gasteiger partial charge in [0.15, 0.2) is 0 Å². The van der Waals surface area contributed by atoms with Gasteiger partial charge in [0, 0.05) is 19.3 Å². The number of hydrogen-bond acceptors (Lipinski definition) is 5. The number of hydrogen-bond donors (Lipinski definition) is 2. The van der Waals surface area contributed by atoms with Crippen LogP contribution in [0.15, 0.2) is 24.3 Å². The van der Waals surface area contributed by atoms with E-state index >= 15 is 0 Å². The van der Waals surface area contributed by atoms with Crippen molar-refractivity contribution >= 4 is 17.6 Å². The van der Waals surface area contributed by atoms with Gasteiger partial charge in [0.25, 0.3) is 5.91 Å². The second-order valence-corrected chi connectivity index (χ2v) is 3.75. The summed E-state index contributed by atoms with van der Waals surface area (Å²) in [6, 6.07) is 6.40. The predicted molar refractivity (Wildman–Crippen MR) is 70.9 cm³/mol. The number of anilines is 1. The minimum atomic E-state index is -0.690. The topological polar surface area (TPSA) is 90.7 Å². The Labute approximate surface area is 111 Å². The SMILES string of the molecule is CCOC(=O)c1ccc(NC(=O)C(CN)OC)cc1. The van der Waals surface area contributed by atoms with Crippen molar-refractivity contribution in [2.75, 3.05) is 25.6 Å². The summed E-state index contributed by atoms with van der Waals surface area (Å²) in [6.07, 6.45) is -0.690. The van der Waals surface area contributed by atoms with Crippen molar-refractivity contribution in [1.82, 2.24) is 0 Å². The van der Waals surface area contributed by atoms with E-state index in [2.05, 4.69) is 5.32 Å². The average Bonchev–Trinajstić information content (AvgIpc) is 2.41. The van der Waals surface area contributed by atoms with Crippen LogP contribution in [0.3, 0.4) is 0 Å². The van der Waals surface area contributed by atoms with E-state index in [1.807, 2.05) is 0 Å². The molecule has 0 spiro atoms. The van der Waals surface area contributed by atoms with Gasteiger partial charge < -0.3 is 20.5 Å². The van der Waals surface area contributed by atoms with Crippen LogP contribution in [0.4, 0.5) is 5.69 Å². The summed E-state index contributed by atoms with van der Waals surface area (Å²) in [5, 5.41) is 2.65. The summed E-state index contributed by atoms with van der Waals surface area (Å²) in [6.45, 7) is 2.16. The highest BCUT2D eigenvalue weighted by molar-refractivity contribution is 5.95. The van der Waals surface area contributed by atoms with Gasteiger partial charge in [0.1, 0.15) is 6.10 Å². The maximum Gasteiger partial charge on any atom is 0.338 e. The summed E-state index contributed by atoms with van der Waals surface area (Å²) in [4.78, 5) is 23.1. The summed E-state index contributed by atoms with van der Waals surface area (Å²) < 4.78 is 9.78. The van der Waals surface area contributed by atoms with Gasteiger partial charge in [0.05, 0.1) is 12.2 Å². The van der Waals surface area contributed by atoms with Gasteiger partial charge >= 0.3 is 5.97 Å². The molecule has 1 atom stereocenters. The number of methoxy groups -OCH3 is 1. The number of amides is 1. The lowest BCUT2D eigenvalue weighted by molar-refractivity contribution is -0.125. The molecule has 1 rings (SSSR count). The predicted octanol–water partition coefficient (Wildman–Crippen LogP) is 0.775. The van der Waals surface area contributed by atoms with Crippen LogP contribution in [-0.2, 0) is 14.3 Å². The number of esters is 1. The van der Waals surface area contributed by atoms with Gasteiger partial charge in [0.2, 0.25) is 0 Å². The van der Waals surface area contributed by atoms with E-state index in [0.29, 0.717) is 17.9 Å². The third-order valence-corrected chi connectivity index (χ3v) is 2.45. The van der Waals surface area contributed by atoms with E-state index in [0.717, 1.165) is 0 Å². The van der Waals surface area contributed by atoms with Crippen LogP contribution in [0.1, 0.15) is 17.3 Å². The van der Waals surface area contributed by atoms with Crippen LogP contribution in [0.2, 0.25) is 0 Å². The molecule has 0 aliphatic rings. The first kappa shape index (κ1) is 15.1. The smallest absolute Gasteiger partial charge is 0.338 e. The molecular weight excluding hydrogens is 248 g/mol. The summed E-state index contributed by atoms with van der Waals surface area (Å²) in [5.41, 5.74) is 6.38. The average molecular weight is 266 g/mol. The quantitative estimate of drug-likeness (QED) is 0.742. The number of rotatable bonds is 6. The molecule has 0 fully saturated rings. The molecule has 1 amide bonds. The van der Waals surface area contributed by atoms with Gasteiger partial charge in [-0.1, -0.05) is 0 Å². The lowest BCUT2D eigenvalue weighted by Gasteiger charge is -2.13. The fourth-order valence-electron chi connectivity index (χ4n) is 1.44. The highest BCUT2D eigenvalue weighted by atomic mass is 16.5. The number of nitrogens with one attached hydrogen (secondary N) is 1. The van der Waals surface area contributed by atoms with Crippen LogP contribution in [-0.4, -0.2) is 38.2 Å². The van der Waals surface area contributed by atoms with Crippen molar-refractivity contribution in [3.05, 3.63) is 29.8 Å². The Bertz CT molecular complexity index is 427. The van der Waals surface area contributed by atoms with Crippen LogP contribution >= 0.6 is 0 Å². The Hall–Kier alpha value is -1.92. The number of carbonyl (C=O) groups is 2. The molecule has 0 heterocycles. The Morgan fingerprint density at radius 2 is 1.95 bits per heavy atom. The van der Waals surface area contributed by atoms with Crippen molar-refractivity contribution in [1.29, 1.82) is 0 Å². The molecule has 1 aromatic carbocycles. The Morgan fingerprint density at radius 3 is 2.42 bits per heavy atom. The van der Waals surface area contributed by atoms with E-state index in [1.54, 1.807) is 31.2 Å². The molecular formula is C13H18N2O4. The molecule has 0 aromatic heterocycles. The zero-order valence-electron chi connectivity index (χ0n) is 11.0. The fourth-order valence-corrected chi connectivity index (χ4v) is 1.44. The van der Waals surface area contributed by atoms with Crippen molar-refractivity contribution in [3.8, 4) is 0 Å².